The van der Waals surface area contributed by atoms with E-state index in [-0.39, 0.29) is 12.1 Å². The number of hydrogen-bond donors (Lipinski definition) is 3. The third-order valence-corrected chi connectivity index (χ3v) is 6.69. The average Bonchev–Trinajstić information content (AvgIpc) is 3.22. The molecule has 3 N–H and O–H groups in total. The second kappa shape index (κ2) is 10.2. The summed E-state index contributed by atoms with van der Waals surface area (Å²) in [4.78, 5) is 16.8. The molecule has 0 spiro atoms. The molecule has 0 atom stereocenters. The summed E-state index contributed by atoms with van der Waals surface area (Å²) in [7, 11) is -5.41. The van der Waals surface area contributed by atoms with Crippen LogP contribution in [0.1, 0.15) is 10.6 Å². The molecule has 0 bridgehead atoms. The van der Waals surface area contributed by atoms with E-state index in [1.165, 1.54) is 10.9 Å². The maximum Gasteiger partial charge on any atom is 0.511 e. The molecule has 1 aromatic heterocycles. The molecule has 3 aromatic rings. The normalized spacial score (nSPS) is 12.4. The van der Waals surface area contributed by atoms with Gasteiger partial charge >= 0.3 is 27.7 Å². The van der Waals surface area contributed by atoms with Gasteiger partial charge in [-0.05, 0) is 42.0 Å². The van der Waals surface area contributed by atoms with E-state index < -0.39 is 39.8 Å². The molecule has 0 aliphatic heterocycles. The summed E-state index contributed by atoms with van der Waals surface area (Å²) >= 11 is 1.16. The van der Waals surface area contributed by atoms with Crippen molar-refractivity contribution in [2.45, 2.75) is 18.1 Å². The molecule has 0 saturated heterocycles. The van der Waals surface area contributed by atoms with Crippen molar-refractivity contribution in [2.75, 3.05) is 17.2 Å². The molecule has 7 nitrogen and oxygen atoms in total. The van der Waals surface area contributed by atoms with Crippen molar-refractivity contribution in [1.29, 1.82) is 0 Å². The second-order valence-electron chi connectivity index (χ2n) is 6.94. The minimum Gasteiger partial charge on any atom is -0.308 e. The first-order valence-corrected chi connectivity index (χ1v) is 11.9. The summed E-state index contributed by atoms with van der Waals surface area (Å²) in [6.45, 7) is -0.467. The zero-order valence-electron chi connectivity index (χ0n) is 17.4. The Morgan fingerprint density at radius 2 is 1.43 bits per heavy atom. The molecule has 0 aliphatic carbocycles. The van der Waals surface area contributed by atoms with Gasteiger partial charge in [0, 0.05) is 30.5 Å². The number of benzene rings is 2. The Balaban J connectivity index is 1.54. The van der Waals surface area contributed by atoms with E-state index in [1.807, 2.05) is 0 Å². The molecule has 3 rings (SSSR count). The molecule has 35 heavy (non-hydrogen) atoms. The van der Waals surface area contributed by atoms with Crippen molar-refractivity contribution in [3.63, 3.8) is 0 Å². The number of hydrogen-bond acceptors (Lipinski definition) is 5. The van der Waals surface area contributed by atoms with E-state index in [0.29, 0.717) is 21.1 Å². The van der Waals surface area contributed by atoms with Gasteiger partial charge in [-0.1, -0.05) is 12.1 Å². The predicted octanol–water partition coefficient (Wildman–Crippen LogP) is 5.45. The average molecular weight is 538 g/mol. The van der Waals surface area contributed by atoms with Crippen LogP contribution in [-0.4, -0.2) is 31.5 Å². The smallest absolute Gasteiger partial charge is 0.308 e. The summed E-state index contributed by atoms with van der Waals surface area (Å²) in [6.07, 6.45) is -3.03. The minimum absolute atomic E-state index is 0.0380. The number of carbonyl (C=O) groups is 1. The first kappa shape index (κ1) is 26.4. The number of carbonyl (C=O) groups excluding carboxylic acids is 1. The quantitative estimate of drug-likeness (QED) is 0.348. The van der Waals surface area contributed by atoms with E-state index in [4.69, 9.17) is 0 Å². The number of anilines is 2. The van der Waals surface area contributed by atoms with Crippen molar-refractivity contribution in [3.05, 3.63) is 65.3 Å². The standard InChI is InChI=1S/C20H16F6N4O3S2/c21-19(22,23)13-3-7-15(8-4-13)30-18(31)29-14-5-1-12(2-6-14)16-11-27-17(34-16)9-10-28-35(32,33)20(24,25)26/h1-8,11,28H,9-10H2,(H2,29,30,31). The molecular weight excluding hydrogens is 522 g/mol. The van der Waals surface area contributed by atoms with Crippen LogP contribution in [0, 0.1) is 0 Å². The van der Waals surface area contributed by atoms with E-state index >= 15 is 0 Å². The fourth-order valence-corrected chi connectivity index (χ4v) is 4.14. The number of sulfonamides is 1. The fraction of sp³-hybridized carbons (Fsp3) is 0.200. The van der Waals surface area contributed by atoms with Gasteiger partial charge in [-0.25, -0.2) is 22.9 Å². The highest BCUT2D eigenvalue weighted by Gasteiger charge is 2.45. The van der Waals surface area contributed by atoms with Crippen molar-refractivity contribution >= 4 is 38.8 Å². The number of halogens is 6. The number of alkyl halides is 6. The molecule has 0 radical (unpaired) electrons. The molecular formula is C20H16F6N4O3S2. The molecule has 0 unspecified atom stereocenters. The second-order valence-corrected chi connectivity index (χ2v) is 9.82. The summed E-state index contributed by atoms with van der Waals surface area (Å²) in [5, 5.41) is 5.36. The molecule has 2 aromatic carbocycles. The van der Waals surface area contributed by atoms with Crippen LogP contribution in [-0.2, 0) is 22.6 Å². The molecule has 188 valence electrons. The van der Waals surface area contributed by atoms with Gasteiger partial charge in [-0.15, -0.1) is 11.3 Å². The van der Waals surface area contributed by atoms with Crippen LogP contribution in [0.25, 0.3) is 10.4 Å². The van der Waals surface area contributed by atoms with Crippen LogP contribution >= 0.6 is 11.3 Å². The van der Waals surface area contributed by atoms with Crippen LogP contribution in [0.5, 0.6) is 0 Å². The zero-order chi connectivity index (χ0) is 25.9. The predicted molar refractivity (Wildman–Crippen MR) is 118 cm³/mol. The number of nitrogens with one attached hydrogen (secondary N) is 3. The van der Waals surface area contributed by atoms with Crippen LogP contribution in [0.3, 0.4) is 0 Å². The van der Waals surface area contributed by atoms with Crippen molar-refractivity contribution in [1.82, 2.24) is 9.71 Å². The summed E-state index contributed by atoms with van der Waals surface area (Å²) in [5.41, 5.74) is -4.97. The van der Waals surface area contributed by atoms with E-state index in [0.717, 1.165) is 35.6 Å². The Morgan fingerprint density at radius 3 is 1.94 bits per heavy atom. The maximum absolute atomic E-state index is 12.6. The Kier molecular flexibility index (Phi) is 7.71. The molecule has 0 saturated carbocycles. The Morgan fingerprint density at radius 1 is 0.886 bits per heavy atom. The molecule has 1 heterocycles. The number of rotatable bonds is 7. The van der Waals surface area contributed by atoms with Gasteiger partial charge in [0.1, 0.15) is 0 Å². The number of urea groups is 1. The van der Waals surface area contributed by atoms with Gasteiger partial charge in [0.15, 0.2) is 0 Å². The highest BCUT2D eigenvalue weighted by atomic mass is 32.2. The Bertz CT molecular complexity index is 1270. The summed E-state index contributed by atoms with van der Waals surface area (Å²) in [5.74, 6) is 0. The van der Waals surface area contributed by atoms with Gasteiger partial charge in [-0.2, -0.15) is 26.3 Å². The summed E-state index contributed by atoms with van der Waals surface area (Å²) in [6, 6.07) is 9.71. The highest BCUT2D eigenvalue weighted by molar-refractivity contribution is 7.90. The third kappa shape index (κ3) is 7.16. The Labute approximate surface area is 199 Å². The lowest BCUT2D eigenvalue weighted by Gasteiger charge is -2.10. The van der Waals surface area contributed by atoms with E-state index in [9.17, 15) is 39.6 Å². The molecule has 0 fully saturated rings. The number of aromatic nitrogens is 1. The minimum atomic E-state index is -5.41. The number of nitrogens with zero attached hydrogens (tertiary/aromatic N) is 1. The Hall–Kier alpha value is -3.17. The van der Waals surface area contributed by atoms with Gasteiger partial charge < -0.3 is 10.6 Å². The van der Waals surface area contributed by atoms with Gasteiger partial charge in [0.2, 0.25) is 0 Å². The SMILES string of the molecule is O=C(Nc1ccc(-c2cnc(CCNS(=O)(=O)C(F)(F)F)s2)cc1)Nc1ccc(C(F)(F)F)cc1. The van der Waals surface area contributed by atoms with Gasteiger partial charge in [-0.3, -0.25) is 0 Å². The lowest BCUT2D eigenvalue weighted by molar-refractivity contribution is -0.137. The monoisotopic (exact) mass is 538 g/mol. The lowest BCUT2D eigenvalue weighted by atomic mass is 10.2. The van der Waals surface area contributed by atoms with Crippen molar-refractivity contribution in [2.24, 2.45) is 0 Å². The molecule has 15 heteroatoms. The maximum atomic E-state index is 12.6. The lowest BCUT2D eigenvalue weighted by Crippen LogP contribution is -2.37. The van der Waals surface area contributed by atoms with E-state index in [1.54, 1.807) is 24.3 Å². The van der Waals surface area contributed by atoms with E-state index in [2.05, 4.69) is 15.6 Å². The number of thiazole rings is 1. The van der Waals surface area contributed by atoms with Crippen LogP contribution in [0.15, 0.2) is 54.7 Å². The molecule has 2 amide bonds. The first-order valence-electron chi connectivity index (χ1n) is 9.61. The van der Waals surface area contributed by atoms with Crippen LogP contribution < -0.4 is 15.4 Å². The van der Waals surface area contributed by atoms with Crippen LogP contribution in [0.4, 0.5) is 42.5 Å². The zero-order valence-corrected chi connectivity index (χ0v) is 19.0. The molecule has 0 aliphatic rings. The topological polar surface area (TPSA) is 100 Å². The largest absolute Gasteiger partial charge is 0.511 e. The fourth-order valence-electron chi connectivity index (χ4n) is 2.69. The van der Waals surface area contributed by atoms with Crippen LogP contribution in [0.2, 0.25) is 0 Å². The number of amides is 2. The highest BCUT2D eigenvalue weighted by Crippen LogP contribution is 2.30. The third-order valence-electron chi connectivity index (χ3n) is 4.39. The van der Waals surface area contributed by atoms with Crippen molar-refractivity contribution < 1.29 is 39.6 Å². The first-order chi connectivity index (χ1) is 16.2. The van der Waals surface area contributed by atoms with Gasteiger partial charge in [0.05, 0.1) is 15.4 Å². The van der Waals surface area contributed by atoms with Gasteiger partial charge in [0.25, 0.3) is 0 Å². The van der Waals surface area contributed by atoms with Crippen molar-refractivity contribution in [3.8, 4) is 10.4 Å². The summed E-state index contributed by atoms with van der Waals surface area (Å²) < 4.78 is 98.2.